The van der Waals surface area contributed by atoms with Crippen LogP contribution in [0.1, 0.15) is 24.1 Å². The number of likely N-dealkylation sites (tertiary alicyclic amines) is 1. The fourth-order valence-electron chi connectivity index (χ4n) is 3.15. The van der Waals surface area contributed by atoms with E-state index in [0.717, 1.165) is 37.8 Å². The van der Waals surface area contributed by atoms with Crippen LogP contribution in [0.4, 0.5) is 0 Å². The number of piperidine rings is 1. The Morgan fingerprint density at radius 3 is 2.65 bits per heavy atom. The monoisotopic (exact) mass is 338 g/mol. The molecule has 2 aliphatic heterocycles. The third-order valence-corrected chi connectivity index (χ3v) is 4.45. The van der Waals surface area contributed by atoms with Crippen LogP contribution < -0.4 is 62.4 Å². The van der Waals surface area contributed by atoms with Crippen LogP contribution in [0.3, 0.4) is 0 Å². The molecule has 23 heavy (non-hydrogen) atoms. The summed E-state index contributed by atoms with van der Waals surface area (Å²) in [5.41, 5.74) is 11.1. The van der Waals surface area contributed by atoms with E-state index < -0.39 is 0 Å². The summed E-state index contributed by atoms with van der Waals surface area (Å²) in [5.74, 6) is 7.00. The first-order chi connectivity index (χ1) is 10.7. The van der Waals surface area contributed by atoms with Gasteiger partial charge in [0.1, 0.15) is 5.84 Å². The molecule has 0 bridgehead atoms. The fraction of sp³-hybridized carbons (Fsp3) is 0.562. The zero-order valence-corrected chi connectivity index (χ0v) is 17.1. The summed E-state index contributed by atoms with van der Waals surface area (Å²) in [4.78, 5) is 2.55. The topological polar surface area (TPSA) is 84.2 Å². The van der Waals surface area contributed by atoms with Gasteiger partial charge in [-0.15, -0.1) is 7.05 Å². The van der Waals surface area contributed by atoms with E-state index in [9.17, 15) is 0 Å². The molecule has 2 saturated heterocycles. The molecule has 2 aliphatic rings. The molecule has 2 fully saturated rings. The molecule has 1 aromatic heterocycles. The van der Waals surface area contributed by atoms with E-state index >= 15 is 0 Å². The summed E-state index contributed by atoms with van der Waals surface area (Å²) >= 11 is 0. The van der Waals surface area contributed by atoms with Crippen molar-refractivity contribution in [2.24, 2.45) is 11.7 Å². The minimum Gasteiger partial charge on any atom is -0.619 e. The van der Waals surface area contributed by atoms with Crippen LogP contribution in [-0.2, 0) is 0 Å². The Morgan fingerprint density at radius 2 is 2.09 bits per heavy atom. The molecule has 1 aromatic rings. The van der Waals surface area contributed by atoms with E-state index in [-0.39, 0.29) is 57.2 Å². The molecule has 118 valence electrons. The van der Waals surface area contributed by atoms with Crippen LogP contribution in [-0.4, -0.2) is 54.7 Å². The van der Waals surface area contributed by atoms with Crippen molar-refractivity contribution >= 4 is 5.84 Å². The molecule has 3 rings (SSSR count). The van der Waals surface area contributed by atoms with Gasteiger partial charge >= 0.3 is 51.4 Å². The summed E-state index contributed by atoms with van der Waals surface area (Å²) in [5, 5.41) is 10.9. The van der Waals surface area contributed by atoms with Gasteiger partial charge in [-0.25, -0.2) is 0 Å². The third kappa shape index (κ3) is 4.60. The van der Waals surface area contributed by atoms with Crippen molar-refractivity contribution in [2.75, 3.05) is 33.2 Å². The normalized spacial score (nSPS) is 19.2. The maximum Gasteiger partial charge on any atom is 1.00 e. The first-order valence-corrected chi connectivity index (χ1v) is 7.80. The zero-order valence-electron chi connectivity index (χ0n) is 14.0. The minimum atomic E-state index is 0. The SMILES string of the molecule is C[N-]n1cc(C#CC2CN(C3CCNCC3)C2)cc1C(=N)N.[K+]. The Kier molecular flexibility index (Phi) is 7.16. The predicted molar refractivity (Wildman–Crippen MR) is 88.0 cm³/mol. The fourth-order valence-corrected chi connectivity index (χ4v) is 3.15. The molecule has 0 radical (unpaired) electrons. The Hall–Kier alpha value is -0.334. The van der Waals surface area contributed by atoms with E-state index in [1.165, 1.54) is 12.8 Å². The van der Waals surface area contributed by atoms with Crippen molar-refractivity contribution in [2.45, 2.75) is 18.9 Å². The second kappa shape index (κ2) is 8.67. The molecule has 0 atom stereocenters. The van der Waals surface area contributed by atoms with Crippen molar-refractivity contribution in [3.63, 3.8) is 0 Å². The maximum absolute atomic E-state index is 7.53. The summed E-state index contributed by atoms with van der Waals surface area (Å²) in [6.45, 7) is 4.44. The van der Waals surface area contributed by atoms with E-state index in [2.05, 4.69) is 27.5 Å². The standard InChI is InChI=1S/C16H23N6.K/c1-19-22-11-12(8-15(22)16(17)18)2-3-13-9-21(10-13)14-4-6-20-7-5-14;/h8,11,13-14,20H,4-7,9-10H2,1H3,(H3,17,18);/q-1;+1. The molecule has 0 aliphatic carbocycles. The van der Waals surface area contributed by atoms with Crippen molar-refractivity contribution in [3.8, 4) is 11.8 Å². The zero-order chi connectivity index (χ0) is 15.5. The van der Waals surface area contributed by atoms with Gasteiger partial charge in [-0.05, 0) is 32.0 Å². The maximum atomic E-state index is 7.53. The van der Waals surface area contributed by atoms with Crippen LogP contribution in [0.25, 0.3) is 5.43 Å². The largest absolute Gasteiger partial charge is 1.00 e. The molecule has 6 nitrogen and oxygen atoms in total. The summed E-state index contributed by atoms with van der Waals surface area (Å²) < 4.78 is 1.61. The number of aromatic nitrogens is 1. The van der Waals surface area contributed by atoms with Gasteiger partial charge in [0.2, 0.25) is 0 Å². The second-order valence-corrected chi connectivity index (χ2v) is 5.97. The number of nitrogen functional groups attached to an aromatic ring is 1. The van der Waals surface area contributed by atoms with Gasteiger partial charge in [-0.2, -0.15) is 0 Å². The van der Waals surface area contributed by atoms with Crippen LogP contribution in [0.2, 0.25) is 0 Å². The third-order valence-electron chi connectivity index (χ3n) is 4.45. The quantitative estimate of drug-likeness (QED) is 0.248. The predicted octanol–water partition coefficient (Wildman–Crippen LogP) is -2.42. The molecule has 4 N–H and O–H groups in total. The second-order valence-electron chi connectivity index (χ2n) is 5.97. The molecular weight excluding hydrogens is 315 g/mol. The van der Waals surface area contributed by atoms with E-state index in [4.69, 9.17) is 11.1 Å². The average Bonchev–Trinajstić information content (AvgIpc) is 2.90. The van der Waals surface area contributed by atoms with Gasteiger partial charge in [-0.3, -0.25) is 10.3 Å². The summed E-state index contributed by atoms with van der Waals surface area (Å²) in [7, 11) is 1.67. The van der Waals surface area contributed by atoms with Crippen LogP contribution >= 0.6 is 0 Å². The number of nitrogens with two attached hydrogens (primary N) is 1. The van der Waals surface area contributed by atoms with Gasteiger partial charge in [0.05, 0.1) is 5.69 Å². The van der Waals surface area contributed by atoms with Gasteiger partial charge in [-0.1, -0.05) is 11.8 Å². The molecule has 7 heteroatoms. The van der Waals surface area contributed by atoms with Gasteiger partial charge < -0.3 is 21.2 Å². The summed E-state index contributed by atoms with van der Waals surface area (Å²) in [6.07, 6.45) is 4.33. The molecule has 0 unspecified atom stereocenters. The van der Waals surface area contributed by atoms with Crippen molar-refractivity contribution in [3.05, 3.63) is 28.9 Å². The van der Waals surface area contributed by atoms with Gasteiger partial charge in [0, 0.05) is 36.8 Å². The first kappa shape index (κ1) is 19.0. The van der Waals surface area contributed by atoms with E-state index in [1.54, 1.807) is 11.7 Å². The average molecular weight is 338 g/mol. The van der Waals surface area contributed by atoms with Gasteiger partial charge in [0.25, 0.3) is 0 Å². The number of amidine groups is 1. The molecule has 3 heterocycles. The van der Waals surface area contributed by atoms with Crippen LogP contribution in [0, 0.1) is 23.2 Å². The Balaban J connectivity index is 0.00000192. The van der Waals surface area contributed by atoms with Crippen LogP contribution in [0.15, 0.2) is 12.3 Å². The number of rotatable bonds is 3. The number of nitrogens with one attached hydrogen (secondary N) is 2. The number of nitrogens with zero attached hydrogens (tertiary/aromatic N) is 3. The number of hydrogen-bond acceptors (Lipinski definition) is 3. The molecule has 0 amide bonds. The molecular formula is C16H23KN6. The van der Waals surface area contributed by atoms with Crippen molar-refractivity contribution in [1.82, 2.24) is 14.9 Å². The van der Waals surface area contributed by atoms with E-state index in [0.29, 0.717) is 11.6 Å². The van der Waals surface area contributed by atoms with Crippen LogP contribution in [0.5, 0.6) is 0 Å². The Bertz CT molecular complexity index is 602. The molecule has 0 saturated carbocycles. The molecule has 0 aromatic carbocycles. The van der Waals surface area contributed by atoms with E-state index in [1.807, 2.05) is 12.3 Å². The van der Waals surface area contributed by atoms with Crippen molar-refractivity contribution < 1.29 is 51.4 Å². The smallest absolute Gasteiger partial charge is 0.619 e. The Morgan fingerprint density at radius 1 is 1.39 bits per heavy atom. The molecule has 0 spiro atoms. The number of hydrogen-bond donors (Lipinski definition) is 3. The van der Waals surface area contributed by atoms with Crippen molar-refractivity contribution in [1.29, 1.82) is 5.41 Å². The minimum absolute atomic E-state index is 0. The van der Waals surface area contributed by atoms with Gasteiger partial charge in [0.15, 0.2) is 0 Å². The summed E-state index contributed by atoms with van der Waals surface area (Å²) in [6, 6.07) is 2.56. The Labute approximate surface area is 180 Å². The first-order valence-electron chi connectivity index (χ1n) is 7.80.